The molecule has 0 amide bonds. The number of nitrogens with one attached hydrogen (secondary N) is 2. The van der Waals surface area contributed by atoms with Gasteiger partial charge in [-0.15, -0.1) is 0 Å². The zero-order valence-corrected chi connectivity index (χ0v) is 23.9. The molecule has 0 radical (unpaired) electrons. The second-order valence-corrected chi connectivity index (χ2v) is 15.0. The summed E-state index contributed by atoms with van der Waals surface area (Å²) < 4.78 is 33.1. The molecular formula is C28H50N2O5S. The van der Waals surface area contributed by atoms with Gasteiger partial charge in [0.15, 0.2) is 0 Å². The third kappa shape index (κ3) is 5.39. The molecule has 0 heterocycles. The molecule has 0 aliphatic heterocycles. The van der Waals surface area contributed by atoms with Crippen LogP contribution in [-0.2, 0) is 19.6 Å². The minimum absolute atomic E-state index is 0.00610. The average molecular weight is 527 g/mol. The van der Waals surface area contributed by atoms with Crippen molar-refractivity contribution in [2.24, 2.45) is 46.3 Å². The lowest BCUT2D eigenvalue weighted by Gasteiger charge is -2.63. The summed E-state index contributed by atoms with van der Waals surface area (Å²) in [7, 11) is -1.85. The van der Waals surface area contributed by atoms with E-state index in [0.717, 1.165) is 32.1 Å². The molecule has 4 rings (SSSR count). The van der Waals surface area contributed by atoms with Crippen LogP contribution in [0.3, 0.4) is 0 Å². The number of aliphatic hydroxyl groups excluding tert-OH is 1. The minimum Gasteiger partial charge on any atom is -0.469 e. The lowest BCUT2D eigenvalue weighted by atomic mass is 9.43. The number of carbonyl (C=O) groups is 1. The van der Waals surface area contributed by atoms with Gasteiger partial charge in [0, 0.05) is 25.0 Å². The van der Waals surface area contributed by atoms with Crippen LogP contribution in [0.25, 0.3) is 0 Å². The maximum Gasteiger partial charge on any atom is 0.305 e. The lowest BCUT2D eigenvalue weighted by Crippen LogP contribution is -2.62. The Bertz CT molecular complexity index is 896. The van der Waals surface area contributed by atoms with Crippen LogP contribution < -0.4 is 10.0 Å². The number of rotatable bonds is 9. The SMILES string of the molecule is COC(=O)CCC(C)C1CCC2C3C(NS(C)(=O)=O)CC4CC(NCCO)CCC4(C)C3CCC12C. The monoisotopic (exact) mass is 526 g/mol. The third-order valence-electron chi connectivity index (χ3n) is 11.4. The van der Waals surface area contributed by atoms with Crippen LogP contribution in [0.2, 0.25) is 0 Å². The molecule has 7 nitrogen and oxygen atoms in total. The van der Waals surface area contributed by atoms with Crippen LogP contribution in [0.15, 0.2) is 0 Å². The Balaban J connectivity index is 1.59. The number of hydrogen-bond acceptors (Lipinski definition) is 6. The van der Waals surface area contributed by atoms with Gasteiger partial charge >= 0.3 is 5.97 Å². The Hall–Kier alpha value is -0.700. The summed E-state index contributed by atoms with van der Waals surface area (Å²) in [5, 5.41) is 12.8. The predicted molar refractivity (Wildman–Crippen MR) is 142 cm³/mol. The molecule has 0 aromatic heterocycles. The van der Waals surface area contributed by atoms with E-state index in [2.05, 4.69) is 30.8 Å². The average Bonchev–Trinajstić information content (AvgIpc) is 3.17. The number of fused-ring (bicyclic) bond motifs is 5. The summed E-state index contributed by atoms with van der Waals surface area (Å²) in [6.45, 7) is 8.06. The van der Waals surface area contributed by atoms with E-state index in [4.69, 9.17) is 4.74 Å². The van der Waals surface area contributed by atoms with Gasteiger partial charge in [-0.1, -0.05) is 20.8 Å². The van der Waals surface area contributed by atoms with Crippen molar-refractivity contribution in [1.29, 1.82) is 0 Å². The van der Waals surface area contributed by atoms with Gasteiger partial charge in [0.1, 0.15) is 0 Å². The largest absolute Gasteiger partial charge is 0.469 e. The number of aliphatic hydroxyl groups is 1. The summed E-state index contributed by atoms with van der Waals surface area (Å²) in [4.78, 5) is 11.8. The van der Waals surface area contributed by atoms with E-state index in [1.54, 1.807) is 0 Å². The highest BCUT2D eigenvalue weighted by molar-refractivity contribution is 7.88. The van der Waals surface area contributed by atoms with E-state index in [0.29, 0.717) is 54.5 Å². The Labute approximate surface area is 218 Å². The fraction of sp³-hybridized carbons (Fsp3) is 0.964. The van der Waals surface area contributed by atoms with Gasteiger partial charge in [-0.2, -0.15) is 0 Å². The standard InChI is InChI=1S/C28H50N2O5S/c1-18(6-9-25(32)35-4)21-7-8-22-26-23(11-13-28(21,22)3)27(2)12-10-20(29-14-15-31)16-19(27)17-24(26)30-36(5,33)34/h18-24,26,29-31H,6-17H2,1-5H3. The lowest BCUT2D eigenvalue weighted by molar-refractivity contribution is -0.141. The Morgan fingerprint density at radius 2 is 1.78 bits per heavy atom. The Kier molecular flexibility index (Phi) is 8.51. The molecule has 0 bridgehead atoms. The smallest absolute Gasteiger partial charge is 0.305 e. The van der Waals surface area contributed by atoms with Crippen molar-refractivity contribution in [2.45, 2.75) is 97.1 Å². The Morgan fingerprint density at radius 1 is 1.08 bits per heavy atom. The van der Waals surface area contributed by atoms with Crippen LogP contribution in [-0.4, -0.2) is 58.1 Å². The van der Waals surface area contributed by atoms with Crippen molar-refractivity contribution in [3.05, 3.63) is 0 Å². The highest BCUT2D eigenvalue weighted by atomic mass is 32.2. The molecule has 0 aromatic carbocycles. The van der Waals surface area contributed by atoms with Crippen LogP contribution in [0, 0.1) is 46.3 Å². The molecule has 4 aliphatic carbocycles. The van der Waals surface area contributed by atoms with Gasteiger partial charge in [-0.25, -0.2) is 13.1 Å². The molecule has 10 unspecified atom stereocenters. The summed E-state index contributed by atoms with van der Waals surface area (Å²) in [6, 6.07) is 0.402. The number of hydrogen-bond donors (Lipinski definition) is 3. The molecule has 0 saturated heterocycles. The maximum absolute atomic E-state index is 12.5. The molecule has 4 aliphatic rings. The van der Waals surface area contributed by atoms with Crippen molar-refractivity contribution in [3.63, 3.8) is 0 Å². The normalized spacial score (nSPS) is 43.2. The first kappa shape index (κ1) is 28.3. The zero-order chi connectivity index (χ0) is 26.3. The van der Waals surface area contributed by atoms with Crippen molar-refractivity contribution in [3.8, 4) is 0 Å². The van der Waals surface area contributed by atoms with E-state index in [1.807, 2.05) is 0 Å². The van der Waals surface area contributed by atoms with Gasteiger partial charge in [-0.05, 0) is 104 Å². The molecule has 36 heavy (non-hydrogen) atoms. The molecule has 4 fully saturated rings. The van der Waals surface area contributed by atoms with Gasteiger partial charge in [-0.3, -0.25) is 4.79 Å². The van der Waals surface area contributed by atoms with Crippen molar-refractivity contribution in [2.75, 3.05) is 26.5 Å². The van der Waals surface area contributed by atoms with Gasteiger partial charge in [0.25, 0.3) is 0 Å². The third-order valence-corrected chi connectivity index (χ3v) is 12.1. The summed E-state index contributed by atoms with van der Waals surface area (Å²) in [5.74, 6) is 2.81. The fourth-order valence-electron chi connectivity index (χ4n) is 9.74. The van der Waals surface area contributed by atoms with Gasteiger partial charge in [0.2, 0.25) is 10.0 Å². The first-order valence-electron chi connectivity index (χ1n) is 14.3. The van der Waals surface area contributed by atoms with E-state index in [1.165, 1.54) is 39.0 Å². The van der Waals surface area contributed by atoms with E-state index >= 15 is 0 Å². The number of esters is 1. The fourth-order valence-corrected chi connectivity index (χ4v) is 10.5. The van der Waals surface area contributed by atoms with E-state index in [9.17, 15) is 18.3 Å². The second-order valence-electron chi connectivity index (χ2n) is 13.2. The van der Waals surface area contributed by atoms with Crippen LogP contribution in [0.1, 0.15) is 85.0 Å². The molecule has 8 heteroatoms. The van der Waals surface area contributed by atoms with E-state index in [-0.39, 0.29) is 29.4 Å². The van der Waals surface area contributed by atoms with Gasteiger partial charge < -0.3 is 15.2 Å². The second kappa shape index (κ2) is 10.8. The zero-order valence-electron chi connectivity index (χ0n) is 23.1. The molecule has 3 N–H and O–H groups in total. The van der Waals surface area contributed by atoms with E-state index < -0.39 is 10.0 Å². The molecule has 10 atom stereocenters. The highest BCUT2D eigenvalue weighted by Crippen LogP contribution is 2.68. The maximum atomic E-state index is 12.5. The molecular weight excluding hydrogens is 476 g/mol. The number of methoxy groups -OCH3 is 1. The first-order chi connectivity index (χ1) is 16.9. The first-order valence-corrected chi connectivity index (χ1v) is 16.2. The van der Waals surface area contributed by atoms with Crippen molar-refractivity contribution < 1.29 is 23.1 Å². The molecule has 4 saturated carbocycles. The predicted octanol–water partition coefficient (Wildman–Crippen LogP) is 3.71. The quantitative estimate of drug-likeness (QED) is 0.396. The van der Waals surface area contributed by atoms with Crippen LogP contribution in [0.5, 0.6) is 0 Å². The van der Waals surface area contributed by atoms with Crippen LogP contribution >= 0.6 is 0 Å². The number of sulfonamides is 1. The summed E-state index contributed by atoms with van der Waals surface area (Å²) >= 11 is 0. The highest BCUT2D eigenvalue weighted by Gasteiger charge is 2.63. The van der Waals surface area contributed by atoms with Crippen molar-refractivity contribution >= 4 is 16.0 Å². The van der Waals surface area contributed by atoms with Crippen LogP contribution in [0.4, 0.5) is 0 Å². The minimum atomic E-state index is -3.31. The number of carbonyl (C=O) groups excluding carboxylic acids is 1. The van der Waals surface area contributed by atoms with Gasteiger partial charge in [0.05, 0.1) is 20.0 Å². The summed E-state index contributed by atoms with van der Waals surface area (Å²) in [5.41, 5.74) is 0.435. The molecule has 0 aromatic rings. The Morgan fingerprint density at radius 3 is 2.44 bits per heavy atom. The topological polar surface area (TPSA) is 105 Å². The van der Waals surface area contributed by atoms with Crippen molar-refractivity contribution in [1.82, 2.24) is 10.0 Å². The molecule has 208 valence electrons. The molecule has 0 spiro atoms. The summed E-state index contributed by atoms with van der Waals surface area (Å²) in [6.07, 6.45) is 11.6. The number of ether oxygens (including phenoxy) is 1.